The maximum Gasteiger partial charge on any atom is 0.246 e. The molecule has 1 N–H and O–H groups in total. The van der Waals surface area contributed by atoms with E-state index in [2.05, 4.69) is 27.4 Å². The Bertz CT molecular complexity index is 1070. The number of hydrogen-bond donors (Lipinski definition) is 1. The third kappa shape index (κ3) is 4.60. The van der Waals surface area contributed by atoms with Gasteiger partial charge in [0.25, 0.3) is 0 Å². The summed E-state index contributed by atoms with van der Waals surface area (Å²) < 4.78 is 5.22. The van der Waals surface area contributed by atoms with E-state index < -0.39 is 0 Å². The number of fused-ring (bicyclic) bond motifs is 1. The molecule has 4 rings (SSSR count). The number of ether oxygens (including phenoxy) is 1. The number of aryl methyl sites for hydroxylation is 1. The van der Waals surface area contributed by atoms with Crippen LogP contribution in [0.3, 0.4) is 0 Å². The first kappa shape index (κ1) is 20.7. The number of nitrogens with one attached hydrogen (secondary N) is 1. The topological polar surface area (TPSA) is 70.6 Å². The number of amides is 1. The van der Waals surface area contributed by atoms with Gasteiger partial charge in [0.1, 0.15) is 23.7 Å². The van der Waals surface area contributed by atoms with Gasteiger partial charge in [-0.2, -0.15) is 0 Å². The van der Waals surface area contributed by atoms with Crippen LogP contribution in [0.4, 0.5) is 17.3 Å². The van der Waals surface area contributed by atoms with Gasteiger partial charge in [-0.25, -0.2) is 9.97 Å². The van der Waals surface area contributed by atoms with Crippen LogP contribution in [0.2, 0.25) is 0 Å². The fraction of sp³-hybridized carbons (Fsp3) is 0.292. The molecule has 1 amide bonds. The number of carbonyl (C=O) groups is 1. The van der Waals surface area contributed by atoms with Crippen LogP contribution in [-0.4, -0.2) is 43.1 Å². The Kier molecular flexibility index (Phi) is 6.02. The van der Waals surface area contributed by atoms with Gasteiger partial charge in [0.05, 0.1) is 25.8 Å². The van der Waals surface area contributed by atoms with Crippen LogP contribution >= 0.6 is 0 Å². The molecule has 160 valence electrons. The lowest BCUT2D eigenvalue weighted by molar-refractivity contribution is -0.117. The second-order valence-corrected chi connectivity index (χ2v) is 7.72. The van der Waals surface area contributed by atoms with Gasteiger partial charge in [0.15, 0.2) is 0 Å². The molecule has 31 heavy (non-hydrogen) atoms. The molecule has 0 bridgehead atoms. The summed E-state index contributed by atoms with van der Waals surface area (Å²) >= 11 is 0. The minimum atomic E-state index is 0.0373. The fourth-order valence-corrected chi connectivity index (χ4v) is 3.79. The number of methoxy groups -OCH3 is 1. The third-order valence-electron chi connectivity index (χ3n) is 5.45. The summed E-state index contributed by atoms with van der Waals surface area (Å²) in [6.07, 6.45) is 2.40. The number of anilines is 3. The van der Waals surface area contributed by atoms with Crippen molar-refractivity contribution in [2.45, 2.75) is 19.9 Å². The van der Waals surface area contributed by atoms with Crippen molar-refractivity contribution < 1.29 is 9.53 Å². The summed E-state index contributed by atoms with van der Waals surface area (Å²) in [5, 5.41) is 3.45. The fourth-order valence-electron chi connectivity index (χ4n) is 3.79. The van der Waals surface area contributed by atoms with Crippen molar-refractivity contribution in [2.75, 3.05) is 42.4 Å². The van der Waals surface area contributed by atoms with Gasteiger partial charge in [-0.05, 0) is 48.7 Å². The Morgan fingerprint density at radius 1 is 1.10 bits per heavy atom. The molecule has 0 unspecified atom stereocenters. The van der Waals surface area contributed by atoms with Gasteiger partial charge >= 0.3 is 0 Å². The number of nitrogens with zero attached hydrogens (tertiary/aromatic N) is 4. The highest BCUT2D eigenvalue weighted by Gasteiger charge is 2.28. The molecule has 7 nitrogen and oxygen atoms in total. The summed E-state index contributed by atoms with van der Waals surface area (Å²) in [5.74, 6) is 2.43. The van der Waals surface area contributed by atoms with Gasteiger partial charge in [0.2, 0.25) is 5.91 Å². The maximum atomic E-state index is 13.0. The van der Waals surface area contributed by atoms with E-state index in [1.807, 2.05) is 60.2 Å². The lowest BCUT2D eigenvalue weighted by Gasteiger charge is -2.22. The van der Waals surface area contributed by atoms with Crippen LogP contribution in [-0.2, 0) is 17.8 Å². The maximum absolute atomic E-state index is 13.0. The van der Waals surface area contributed by atoms with Gasteiger partial charge in [-0.15, -0.1) is 0 Å². The molecule has 0 radical (unpaired) electrons. The van der Waals surface area contributed by atoms with E-state index in [1.54, 1.807) is 13.4 Å². The minimum Gasteiger partial charge on any atom is -0.497 e. The zero-order chi connectivity index (χ0) is 21.8. The normalized spacial score (nSPS) is 13.6. The van der Waals surface area contributed by atoms with E-state index in [4.69, 9.17) is 4.74 Å². The van der Waals surface area contributed by atoms with Crippen LogP contribution in [0.1, 0.15) is 16.7 Å². The molecule has 1 aliphatic rings. The molecular formula is C24H27N5O2. The average molecular weight is 418 g/mol. The van der Waals surface area contributed by atoms with Gasteiger partial charge < -0.3 is 19.9 Å². The number of hydrogen-bond acceptors (Lipinski definition) is 6. The van der Waals surface area contributed by atoms with E-state index in [9.17, 15) is 4.79 Å². The van der Waals surface area contributed by atoms with E-state index in [0.717, 1.165) is 47.2 Å². The highest BCUT2D eigenvalue weighted by molar-refractivity contribution is 5.98. The summed E-state index contributed by atoms with van der Waals surface area (Å²) in [4.78, 5) is 25.6. The molecule has 0 atom stereocenters. The highest BCUT2D eigenvalue weighted by atomic mass is 16.5. The molecule has 0 spiro atoms. The van der Waals surface area contributed by atoms with Crippen molar-refractivity contribution in [1.29, 1.82) is 0 Å². The predicted octanol–water partition coefficient (Wildman–Crippen LogP) is 3.43. The molecule has 0 aliphatic carbocycles. The molecular weight excluding hydrogens is 390 g/mol. The molecule has 1 aliphatic heterocycles. The van der Waals surface area contributed by atoms with E-state index in [0.29, 0.717) is 6.54 Å². The lowest BCUT2D eigenvalue weighted by Crippen LogP contribution is -2.35. The Morgan fingerprint density at radius 3 is 2.65 bits per heavy atom. The molecule has 1 aromatic heterocycles. The molecule has 2 aromatic carbocycles. The zero-order valence-corrected chi connectivity index (χ0v) is 18.1. The molecule has 7 heteroatoms. The van der Waals surface area contributed by atoms with Crippen molar-refractivity contribution in [2.24, 2.45) is 0 Å². The first-order valence-electron chi connectivity index (χ1n) is 10.3. The number of carbonyl (C=O) groups excluding carboxylic acids is 1. The summed E-state index contributed by atoms with van der Waals surface area (Å²) in [6.45, 7) is 3.44. The van der Waals surface area contributed by atoms with Crippen LogP contribution < -0.4 is 19.9 Å². The Hall–Kier alpha value is -3.61. The first-order valence-corrected chi connectivity index (χ1v) is 10.3. The van der Waals surface area contributed by atoms with Crippen LogP contribution in [0.5, 0.6) is 5.75 Å². The molecule has 2 heterocycles. The average Bonchev–Trinajstić information content (AvgIpc) is 2.90. The predicted molar refractivity (Wildman–Crippen MR) is 123 cm³/mol. The zero-order valence-electron chi connectivity index (χ0n) is 18.1. The Labute approximate surface area is 182 Å². The van der Waals surface area contributed by atoms with E-state index >= 15 is 0 Å². The number of aromatic nitrogens is 2. The monoisotopic (exact) mass is 417 g/mol. The van der Waals surface area contributed by atoms with Crippen LogP contribution in [0, 0.1) is 6.92 Å². The van der Waals surface area contributed by atoms with E-state index in [1.165, 1.54) is 5.56 Å². The van der Waals surface area contributed by atoms with Gasteiger partial charge in [-0.3, -0.25) is 4.79 Å². The van der Waals surface area contributed by atoms with Crippen molar-refractivity contribution in [3.63, 3.8) is 0 Å². The summed E-state index contributed by atoms with van der Waals surface area (Å²) in [7, 11) is 3.56. The van der Waals surface area contributed by atoms with Gasteiger partial charge in [0, 0.05) is 19.3 Å². The quantitative estimate of drug-likeness (QED) is 0.663. The summed E-state index contributed by atoms with van der Waals surface area (Å²) in [6, 6.07) is 16.1. The van der Waals surface area contributed by atoms with Crippen LogP contribution in [0.25, 0.3) is 0 Å². The number of rotatable bonds is 6. The Morgan fingerprint density at radius 2 is 1.90 bits per heavy atom. The third-order valence-corrected chi connectivity index (χ3v) is 5.45. The Balaban J connectivity index is 1.56. The van der Waals surface area contributed by atoms with Crippen LogP contribution in [0.15, 0.2) is 54.9 Å². The van der Waals surface area contributed by atoms with Crippen molar-refractivity contribution >= 4 is 23.2 Å². The second-order valence-electron chi connectivity index (χ2n) is 7.72. The molecule has 0 fully saturated rings. The number of benzene rings is 2. The first-order chi connectivity index (χ1) is 15.0. The van der Waals surface area contributed by atoms with E-state index in [-0.39, 0.29) is 12.5 Å². The lowest BCUT2D eigenvalue weighted by atomic mass is 10.1. The second kappa shape index (κ2) is 9.04. The largest absolute Gasteiger partial charge is 0.497 e. The van der Waals surface area contributed by atoms with Crippen molar-refractivity contribution in [3.05, 3.63) is 71.5 Å². The molecule has 0 saturated heterocycles. The number of likely N-dealkylation sites (N-methyl/N-ethyl adjacent to an activating group) is 1. The smallest absolute Gasteiger partial charge is 0.246 e. The minimum absolute atomic E-state index is 0.0373. The standard InChI is InChI=1S/C24H27N5O2/c1-17-5-4-6-19(13-17)29-14-21-23(26-16-27-24(21)28(2)15-22(29)30)25-12-11-18-7-9-20(31-3)10-8-18/h4-10,13,16H,11-12,14-15H2,1-3H3,(H,25,26,27). The SMILES string of the molecule is COc1ccc(CCNc2ncnc3c2CN(c2cccc(C)c2)C(=O)CN3C)cc1. The summed E-state index contributed by atoms with van der Waals surface area (Å²) in [5.41, 5.74) is 4.14. The van der Waals surface area contributed by atoms with Crippen molar-refractivity contribution in [1.82, 2.24) is 9.97 Å². The highest BCUT2D eigenvalue weighted by Crippen LogP contribution is 2.30. The van der Waals surface area contributed by atoms with Crippen molar-refractivity contribution in [3.8, 4) is 5.75 Å². The van der Waals surface area contributed by atoms with Gasteiger partial charge in [-0.1, -0.05) is 24.3 Å². The molecule has 0 saturated carbocycles. The molecule has 3 aromatic rings.